The van der Waals surface area contributed by atoms with Gasteiger partial charge in [-0.15, -0.1) is 0 Å². The number of hydrogen-bond donors (Lipinski definition) is 1. The van der Waals surface area contributed by atoms with Crippen LogP contribution in [0.25, 0.3) is 0 Å². The maximum absolute atomic E-state index is 13.7. The van der Waals surface area contributed by atoms with Crippen LogP contribution in [0.3, 0.4) is 0 Å². The van der Waals surface area contributed by atoms with Gasteiger partial charge in [0.15, 0.2) is 0 Å². The van der Waals surface area contributed by atoms with E-state index in [1.165, 1.54) is 0 Å². The van der Waals surface area contributed by atoms with E-state index in [1.807, 2.05) is 4.90 Å². The van der Waals surface area contributed by atoms with Crippen LogP contribution in [0.2, 0.25) is 0 Å². The smallest absolute Gasteiger partial charge is 0.246 e. The van der Waals surface area contributed by atoms with Crippen molar-refractivity contribution in [3.05, 3.63) is 29.8 Å². The van der Waals surface area contributed by atoms with Crippen LogP contribution in [0.4, 0.5) is 8.78 Å². The minimum atomic E-state index is -4.05. The molecule has 5 nitrogen and oxygen atoms in total. The molecule has 2 rings (SSSR count). The molecule has 1 N–H and O–H groups in total. The molecule has 0 atom stereocenters. The lowest BCUT2D eigenvalue weighted by molar-refractivity contribution is 0.0263. The van der Waals surface area contributed by atoms with E-state index in [0.29, 0.717) is 25.7 Å². The highest BCUT2D eigenvalue weighted by Crippen LogP contribution is 2.22. The molecule has 8 heteroatoms. The summed E-state index contributed by atoms with van der Waals surface area (Å²) in [5, 5.41) is 9.78. The monoisotopic (exact) mass is 334 g/mol. The Morgan fingerprint density at radius 3 is 2.32 bits per heavy atom. The van der Waals surface area contributed by atoms with Gasteiger partial charge in [0.05, 0.1) is 5.60 Å². The van der Waals surface area contributed by atoms with Crippen molar-refractivity contribution >= 4 is 10.0 Å². The predicted octanol–water partition coefficient (Wildman–Crippen LogP) is 1.04. The third kappa shape index (κ3) is 4.01. The van der Waals surface area contributed by atoms with Crippen LogP contribution in [0.5, 0.6) is 0 Å². The highest BCUT2D eigenvalue weighted by molar-refractivity contribution is 7.89. The van der Waals surface area contributed by atoms with Crippen molar-refractivity contribution in [2.45, 2.75) is 24.3 Å². The summed E-state index contributed by atoms with van der Waals surface area (Å²) >= 11 is 0. The van der Waals surface area contributed by atoms with Crippen molar-refractivity contribution in [2.24, 2.45) is 0 Å². The number of nitrogens with zero attached hydrogens (tertiary/aromatic N) is 2. The average Bonchev–Trinajstić information content (AvgIpc) is 2.40. The third-order valence-corrected chi connectivity index (χ3v) is 5.37. The van der Waals surface area contributed by atoms with Crippen molar-refractivity contribution in [1.29, 1.82) is 0 Å². The van der Waals surface area contributed by atoms with E-state index in [1.54, 1.807) is 13.8 Å². The molecule has 1 saturated heterocycles. The zero-order valence-electron chi connectivity index (χ0n) is 12.6. The maximum Gasteiger partial charge on any atom is 0.246 e. The van der Waals surface area contributed by atoms with Crippen LogP contribution in [-0.4, -0.2) is 61.1 Å². The number of aliphatic hydroxyl groups is 1. The molecular formula is C14H20F2N2O3S. The molecule has 0 unspecified atom stereocenters. The summed E-state index contributed by atoms with van der Waals surface area (Å²) in [6.45, 7) is 4.99. The molecule has 1 aliphatic heterocycles. The minimum Gasteiger partial charge on any atom is -0.389 e. The third-order valence-electron chi connectivity index (χ3n) is 3.45. The summed E-state index contributed by atoms with van der Waals surface area (Å²) < 4.78 is 52.9. The maximum atomic E-state index is 13.7. The van der Waals surface area contributed by atoms with Gasteiger partial charge in [0.25, 0.3) is 0 Å². The number of halogens is 2. The van der Waals surface area contributed by atoms with E-state index < -0.39 is 32.2 Å². The summed E-state index contributed by atoms with van der Waals surface area (Å²) in [5.74, 6) is -1.75. The Bertz CT molecular complexity index is 636. The van der Waals surface area contributed by atoms with Gasteiger partial charge in [-0.25, -0.2) is 17.2 Å². The van der Waals surface area contributed by atoms with E-state index in [9.17, 15) is 22.3 Å². The summed E-state index contributed by atoms with van der Waals surface area (Å²) in [5.41, 5.74) is -0.865. The molecule has 0 aliphatic carbocycles. The van der Waals surface area contributed by atoms with E-state index in [2.05, 4.69) is 0 Å². The number of piperazine rings is 1. The van der Waals surface area contributed by atoms with Crippen molar-refractivity contribution in [2.75, 3.05) is 32.7 Å². The number of hydrogen-bond acceptors (Lipinski definition) is 4. The van der Waals surface area contributed by atoms with Gasteiger partial charge in [-0.1, -0.05) is 0 Å². The second-order valence-corrected chi connectivity index (χ2v) is 7.97. The van der Waals surface area contributed by atoms with E-state index in [0.717, 1.165) is 16.4 Å². The predicted molar refractivity (Wildman–Crippen MR) is 77.9 cm³/mol. The van der Waals surface area contributed by atoms with Crippen LogP contribution >= 0.6 is 0 Å². The number of sulfonamides is 1. The fraction of sp³-hybridized carbons (Fsp3) is 0.571. The molecule has 1 aromatic rings. The van der Waals surface area contributed by atoms with Crippen molar-refractivity contribution in [3.8, 4) is 0 Å². The number of β-amino-alcohol motifs (C(OH)–C–C–N with tert-alkyl or cyclic N) is 1. The molecule has 1 heterocycles. The first kappa shape index (κ1) is 17.3. The zero-order chi connectivity index (χ0) is 16.5. The Hall–Kier alpha value is -1.09. The van der Waals surface area contributed by atoms with Gasteiger partial charge in [0.1, 0.15) is 16.5 Å². The van der Waals surface area contributed by atoms with Crippen LogP contribution in [0.15, 0.2) is 23.1 Å². The highest BCUT2D eigenvalue weighted by atomic mass is 32.2. The summed E-state index contributed by atoms with van der Waals surface area (Å²) in [4.78, 5) is 1.30. The second kappa shape index (κ2) is 6.19. The molecule has 0 aromatic heterocycles. The average molecular weight is 334 g/mol. The first-order valence-electron chi connectivity index (χ1n) is 6.99. The lowest BCUT2D eigenvalue weighted by Gasteiger charge is -2.36. The van der Waals surface area contributed by atoms with Gasteiger partial charge >= 0.3 is 0 Å². The Balaban J connectivity index is 2.11. The molecule has 0 amide bonds. The zero-order valence-corrected chi connectivity index (χ0v) is 13.4. The van der Waals surface area contributed by atoms with Gasteiger partial charge < -0.3 is 5.11 Å². The van der Waals surface area contributed by atoms with E-state index >= 15 is 0 Å². The van der Waals surface area contributed by atoms with Crippen LogP contribution in [0, 0.1) is 11.6 Å². The molecule has 0 saturated carbocycles. The quantitative estimate of drug-likeness (QED) is 0.894. The standard InChI is InChI=1S/C14H20F2N2O3S/c1-14(2,19)10-17-5-7-18(8-6-17)22(20,21)13-9-11(15)3-4-12(13)16/h3-4,9,19H,5-8,10H2,1-2H3. The van der Waals surface area contributed by atoms with Gasteiger partial charge in [0.2, 0.25) is 10.0 Å². The number of benzene rings is 1. The molecule has 1 aromatic carbocycles. The van der Waals surface area contributed by atoms with Gasteiger partial charge in [0, 0.05) is 32.7 Å². The summed E-state index contributed by atoms with van der Waals surface area (Å²) in [7, 11) is -4.05. The summed E-state index contributed by atoms with van der Waals surface area (Å²) in [6, 6.07) is 2.40. The normalized spacial score (nSPS) is 18.6. The fourth-order valence-corrected chi connectivity index (χ4v) is 3.99. The lowest BCUT2D eigenvalue weighted by atomic mass is 10.1. The first-order chi connectivity index (χ1) is 10.1. The molecule has 0 radical (unpaired) electrons. The molecule has 0 spiro atoms. The Morgan fingerprint density at radius 2 is 1.77 bits per heavy atom. The van der Waals surface area contributed by atoms with Crippen molar-refractivity contribution < 1.29 is 22.3 Å². The van der Waals surface area contributed by atoms with Crippen LogP contribution in [-0.2, 0) is 10.0 Å². The molecule has 1 fully saturated rings. The highest BCUT2D eigenvalue weighted by Gasteiger charge is 2.32. The van der Waals surface area contributed by atoms with Crippen molar-refractivity contribution in [3.63, 3.8) is 0 Å². The van der Waals surface area contributed by atoms with E-state index in [-0.39, 0.29) is 13.1 Å². The van der Waals surface area contributed by atoms with Gasteiger partial charge in [-0.2, -0.15) is 4.31 Å². The fourth-order valence-electron chi connectivity index (χ4n) is 2.49. The minimum absolute atomic E-state index is 0.175. The molecular weight excluding hydrogens is 314 g/mol. The SMILES string of the molecule is CC(C)(O)CN1CCN(S(=O)(=O)c2cc(F)ccc2F)CC1. The van der Waals surface area contributed by atoms with Gasteiger partial charge in [-0.05, 0) is 32.0 Å². The number of rotatable bonds is 4. The summed E-state index contributed by atoms with van der Waals surface area (Å²) in [6.07, 6.45) is 0. The first-order valence-corrected chi connectivity index (χ1v) is 8.43. The molecule has 1 aliphatic rings. The second-order valence-electron chi connectivity index (χ2n) is 6.07. The Kier molecular flexibility index (Phi) is 4.86. The van der Waals surface area contributed by atoms with Crippen molar-refractivity contribution in [1.82, 2.24) is 9.21 Å². The Morgan fingerprint density at radius 1 is 1.18 bits per heavy atom. The van der Waals surface area contributed by atoms with Crippen LogP contribution < -0.4 is 0 Å². The van der Waals surface area contributed by atoms with E-state index in [4.69, 9.17) is 0 Å². The molecule has 0 bridgehead atoms. The van der Waals surface area contributed by atoms with Gasteiger partial charge in [-0.3, -0.25) is 4.90 Å². The molecule has 124 valence electrons. The topological polar surface area (TPSA) is 60.9 Å². The lowest BCUT2D eigenvalue weighted by Crippen LogP contribution is -2.51. The van der Waals surface area contributed by atoms with Crippen LogP contribution in [0.1, 0.15) is 13.8 Å². The molecule has 22 heavy (non-hydrogen) atoms. The largest absolute Gasteiger partial charge is 0.389 e. The Labute approximate surface area is 129 Å².